The van der Waals surface area contributed by atoms with E-state index in [1.807, 2.05) is 25.3 Å². The highest BCUT2D eigenvalue weighted by molar-refractivity contribution is 5.42. The van der Waals surface area contributed by atoms with Crippen LogP contribution in [0.5, 0.6) is 0 Å². The predicted octanol–water partition coefficient (Wildman–Crippen LogP) is 3.08. The summed E-state index contributed by atoms with van der Waals surface area (Å²) in [7, 11) is 2.03. The molecule has 1 aliphatic rings. The lowest BCUT2D eigenvalue weighted by Gasteiger charge is -2.20. The summed E-state index contributed by atoms with van der Waals surface area (Å²) in [4.78, 5) is 6.60. The molecule has 0 unspecified atom stereocenters. The van der Waals surface area contributed by atoms with E-state index in [2.05, 4.69) is 21.1 Å². The summed E-state index contributed by atoms with van der Waals surface area (Å²) in [6, 6.07) is 3.81. The molecule has 1 aliphatic carbocycles. The average molecular weight is 273 g/mol. The Morgan fingerprint density at radius 3 is 3.05 bits per heavy atom. The van der Waals surface area contributed by atoms with Crippen LogP contribution in [0.1, 0.15) is 42.7 Å². The summed E-state index contributed by atoms with van der Waals surface area (Å²) in [6.07, 6.45) is 9.34. The number of nitrogens with zero attached hydrogens (tertiary/aromatic N) is 3. The molecule has 0 saturated heterocycles. The summed E-state index contributed by atoms with van der Waals surface area (Å²) in [5, 5.41) is 4.05. The van der Waals surface area contributed by atoms with Gasteiger partial charge in [0.25, 0.3) is 0 Å². The number of rotatable bonds is 6. The van der Waals surface area contributed by atoms with Crippen LogP contribution in [0.15, 0.2) is 33.4 Å². The molecule has 0 spiro atoms. The van der Waals surface area contributed by atoms with Crippen molar-refractivity contribution in [2.24, 2.45) is 0 Å². The van der Waals surface area contributed by atoms with Crippen LogP contribution >= 0.6 is 0 Å². The molecule has 3 rings (SSSR count). The van der Waals surface area contributed by atoms with Gasteiger partial charge in [-0.05, 0) is 38.1 Å². The van der Waals surface area contributed by atoms with Crippen molar-refractivity contribution in [2.75, 3.05) is 13.6 Å². The standard InChI is InChI=1S/C15H19N3O2/c1-18(9-3-7-13-8-4-10-19-13)11-14-16-15(20-17-14)12-5-2-6-12/h3-4,7-8,10,12H,2,5-6,9,11H2,1H3/b7-3+. The third-order valence-electron chi connectivity index (χ3n) is 3.59. The predicted molar refractivity (Wildman–Crippen MR) is 75.0 cm³/mol. The van der Waals surface area contributed by atoms with Crippen LogP contribution in [0, 0.1) is 0 Å². The van der Waals surface area contributed by atoms with Crippen LogP contribution < -0.4 is 0 Å². The summed E-state index contributed by atoms with van der Waals surface area (Å²) >= 11 is 0. The molecule has 0 amide bonds. The Labute approximate surface area is 118 Å². The lowest BCUT2D eigenvalue weighted by molar-refractivity contribution is 0.287. The molecule has 2 heterocycles. The molecule has 5 nitrogen and oxygen atoms in total. The third kappa shape index (κ3) is 3.17. The zero-order valence-corrected chi connectivity index (χ0v) is 11.7. The fourth-order valence-corrected chi connectivity index (χ4v) is 2.19. The van der Waals surface area contributed by atoms with Gasteiger partial charge in [0.2, 0.25) is 5.89 Å². The highest BCUT2D eigenvalue weighted by Crippen LogP contribution is 2.35. The van der Waals surface area contributed by atoms with Crippen molar-refractivity contribution in [1.82, 2.24) is 15.0 Å². The second-order valence-electron chi connectivity index (χ2n) is 5.29. The van der Waals surface area contributed by atoms with Gasteiger partial charge >= 0.3 is 0 Å². The van der Waals surface area contributed by atoms with E-state index in [1.54, 1.807) is 6.26 Å². The van der Waals surface area contributed by atoms with Crippen molar-refractivity contribution >= 4 is 6.08 Å². The molecule has 0 aromatic carbocycles. The lowest BCUT2D eigenvalue weighted by atomic mass is 9.85. The van der Waals surface area contributed by atoms with Gasteiger partial charge < -0.3 is 8.94 Å². The Morgan fingerprint density at radius 2 is 2.35 bits per heavy atom. The highest BCUT2D eigenvalue weighted by atomic mass is 16.5. The Bertz CT molecular complexity index is 555. The minimum Gasteiger partial charge on any atom is -0.465 e. The first kappa shape index (κ1) is 13.1. The molecule has 5 heteroatoms. The number of hydrogen-bond donors (Lipinski definition) is 0. The van der Waals surface area contributed by atoms with Gasteiger partial charge in [-0.3, -0.25) is 4.90 Å². The topological polar surface area (TPSA) is 55.3 Å². The van der Waals surface area contributed by atoms with Crippen molar-refractivity contribution in [3.8, 4) is 0 Å². The average Bonchev–Trinajstić information content (AvgIpc) is 2.99. The Hall–Kier alpha value is -1.88. The van der Waals surface area contributed by atoms with Crippen LogP contribution in [-0.4, -0.2) is 28.6 Å². The van der Waals surface area contributed by atoms with Crippen LogP contribution in [0.2, 0.25) is 0 Å². The molecule has 2 aromatic rings. The van der Waals surface area contributed by atoms with Gasteiger partial charge in [-0.15, -0.1) is 0 Å². The van der Waals surface area contributed by atoms with E-state index >= 15 is 0 Å². The van der Waals surface area contributed by atoms with E-state index in [4.69, 9.17) is 8.94 Å². The van der Waals surface area contributed by atoms with E-state index in [0.29, 0.717) is 12.5 Å². The summed E-state index contributed by atoms with van der Waals surface area (Å²) in [6.45, 7) is 1.51. The maximum atomic E-state index is 5.31. The highest BCUT2D eigenvalue weighted by Gasteiger charge is 2.25. The molecule has 1 saturated carbocycles. The molecule has 0 aliphatic heterocycles. The van der Waals surface area contributed by atoms with Gasteiger partial charge in [-0.1, -0.05) is 17.7 Å². The normalized spacial score (nSPS) is 16.1. The fraction of sp³-hybridized carbons (Fsp3) is 0.467. The van der Waals surface area contributed by atoms with Crippen LogP contribution in [0.25, 0.3) is 6.08 Å². The SMILES string of the molecule is CN(C/C=C/c1ccco1)Cc1noc(C2CCC2)n1. The van der Waals surface area contributed by atoms with E-state index < -0.39 is 0 Å². The van der Waals surface area contributed by atoms with Crippen LogP contribution in [0.4, 0.5) is 0 Å². The molecule has 20 heavy (non-hydrogen) atoms. The first-order valence-electron chi connectivity index (χ1n) is 7.02. The zero-order valence-electron chi connectivity index (χ0n) is 11.7. The van der Waals surface area contributed by atoms with Crippen molar-refractivity contribution in [2.45, 2.75) is 31.7 Å². The zero-order chi connectivity index (χ0) is 13.8. The van der Waals surface area contributed by atoms with Crippen molar-refractivity contribution in [3.05, 3.63) is 41.9 Å². The van der Waals surface area contributed by atoms with Gasteiger partial charge in [0.1, 0.15) is 5.76 Å². The molecular formula is C15H19N3O2. The van der Waals surface area contributed by atoms with Crippen molar-refractivity contribution in [1.29, 1.82) is 0 Å². The number of hydrogen-bond acceptors (Lipinski definition) is 5. The quantitative estimate of drug-likeness (QED) is 0.809. The monoisotopic (exact) mass is 273 g/mol. The minimum atomic E-state index is 0.500. The van der Waals surface area contributed by atoms with E-state index in [0.717, 1.165) is 24.0 Å². The third-order valence-corrected chi connectivity index (χ3v) is 3.59. The summed E-state index contributed by atoms with van der Waals surface area (Å²) in [5.41, 5.74) is 0. The van der Waals surface area contributed by atoms with Crippen LogP contribution in [0.3, 0.4) is 0 Å². The molecule has 106 valence electrons. The Balaban J connectivity index is 1.48. The molecular weight excluding hydrogens is 254 g/mol. The van der Waals surface area contributed by atoms with Crippen molar-refractivity contribution in [3.63, 3.8) is 0 Å². The van der Waals surface area contributed by atoms with Crippen molar-refractivity contribution < 1.29 is 8.94 Å². The van der Waals surface area contributed by atoms with Gasteiger partial charge in [-0.2, -0.15) is 4.98 Å². The van der Waals surface area contributed by atoms with E-state index in [1.165, 1.54) is 19.3 Å². The second kappa shape index (κ2) is 6.05. The Morgan fingerprint density at radius 1 is 1.45 bits per heavy atom. The lowest BCUT2D eigenvalue weighted by Crippen LogP contribution is -2.18. The maximum absolute atomic E-state index is 5.31. The summed E-state index contributed by atoms with van der Waals surface area (Å²) in [5.74, 6) is 2.94. The van der Waals surface area contributed by atoms with E-state index in [-0.39, 0.29) is 0 Å². The Kier molecular flexibility index (Phi) is 3.97. The second-order valence-corrected chi connectivity index (χ2v) is 5.29. The minimum absolute atomic E-state index is 0.500. The van der Waals surface area contributed by atoms with Gasteiger partial charge in [0.05, 0.1) is 12.8 Å². The largest absolute Gasteiger partial charge is 0.465 e. The molecule has 0 atom stereocenters. The number of furan rings is 1. The van der Waals surface area contributed by atoms with Crippen LogP contribution in [-0.2, 0) is 6.54 Å². The van der Waals surface area contributed by atoms with Gasteiger partial charge in [-0.25, -0.2) is 0 Å². The first-order chi connectivity index (χ1) is 9.81. The summed E-state index contributed by atoms with van der Waals surface area (Å²) < 4.78 is 10.5. The number of likely N-dealkylation sites (N-methyl/N-ethyl adjacent to an activating group) is 1. The molecule has 1 fully saturated rings. The van der Waals surface area contributed by atoms with E-state index in [9.17, 15) is 0 Å². The molecule has 2 aromatic heterocycles. The van der Waals surface area contributed by atoms with Gasteiger partial charge in [0.15, 0.2) is 5.82 Å². The molecule has 0 N–H and O–H groups in total. The fourth-order valence-electron chi connectivity index (χ4n) is 2.19. The maximum Gasteiger partial charge on any atom is 0.229 e. The molecule has 0 radical (unpaired) electrons. The molecule has 0 bridgehead atoms. The first-order valence-corrected chi connectivity index (χ1v) is 7.02. The smallest absolute Gasteiger partial charge is 0.229 e. The number of aromatic nitrogens is 2. The van der Waals surface area contributed by atoms with Gasteiger partial charge in [0, 0.05) is 12.5 Å².